The van der Waals surface area contributed by atoms with Crippen molar-refractivity contribution in [3.05, 3.63) is 52.8 Å². The van der Waals surface area contributed by atoms with E-state index < -0.39 is 5.82 Å². The molecule has 2 aromatic carbocycles. The van der Waals surface area contributed by atoms with E-state index in [0.717, 1.165) is 14.7 Å². The van der Waals surface area contributed by atoms with Crippen molar-refractivity contribution in [2.75, 3.05) is 38.7 Å². The van der Waals surface area contributed by atoms with Gasteiger partial charge in [-0.15, -0.1) is 0 Å². The molecule has 1 heterocycles. The molecule has 0 atom stereocenters. The van der Waals surface area contributed by atoms with E-state index in [2.05, 4.69) is 20.9 Å². The maximum absolute atomic E-state index is 13.7. The molecule has 0 aliphatic heterocycles. The van der Waals surface area contributed by atoms with E-state index in [1.54, 1.807) is 17.0 Å². The maximum atomic E-state index is 13.7. The highest BCUT2D eigenvalue weighted by Gasteiger charge is 2.21. The third-order valence-electron chi connectivity index (χ3n) is 3.83. The standard InChI is InChI=1S/C19H19BrFN3O2S/c1-23(2)9-10-24(18(25)12-26-16-6-4-3-5-14(16)21)19-22-15-8-7-13(20)11-17(15)27-19/h3-8,11H,9-10,12H2,1-2H3. The molecule has 27 heavy (non-hydrogen) atoms. The van der Waals surface area contributed by atoms with Gasteiger partial charge in [0.1, 0.15) is 0 Å². The van der Waals surface area contributed by atoms with Crippen LogP contribution in [0.4, 0.5) is 9.52 Å². The summed E-state index contributed by atoms with van der Waals surface area (Å²) >= 11 is 4.89. The van der Waals surface area contributed by atoms with Crippen LogP contribution in [-0.4, -0.2) is 49.6 Å². The fraction of sp³-hybridized carbons (Fsp3) is 0.263. The van der Waals surface area contributed by atoms with Crippen molar-refractivity contribution in [2.45, 2.75) is 0 Å². The van der Waals surface area contributed by atoms with Gasteiger partial charge in [0.2, 0.25) is 0 Å². The van der Waals surface area contributed by atoms with Gasteiger partial charge in [-0.25, -0.2) is 9.37 Å². The van der Waals surface area contributed by atoms with Crippen molar-refractivity contribution in [1.82, 2.24) is 9.88 Å². The smallest absolute Gasteiger partial charge is 0.266 e. The molecule has 0 aliphatic carbocycles. The zero-order valence-electron chi connectivity index (χ0n) is 15.0. The number of benzene rings is 2. The molecule has 0 unspecified atom stereocenters. The lowest BCUT2D eigenvalue weighted by Crippen LogP contribution is -2.39. The van der Waals surface area contributed by atoms with Crippen LogP contribution in [0, 0.1) is 5.82 Å². The minimum Gasteiger partial charge on any atom is -0.481 e. The highest BCUT2D eigenvalue weighted by Crippen LogP contribution is 2.31. The van der Waals surface area contributed by atoms with Crippen molar-refractivity contribution in [3.63, 3.8) is 0 Å². The minimum atomic E-state index is -0.491. The van der Waals surface area contributed by atoms with E-state index in [-0.39, 0.29) is 18.3 Å². The van der Waals surface area contributed by atoms with Crippen molar-refractivity contribution in [2.24, 2.45) is 0 Å². The van der Waals surface area contributed by atoms with E-state index in [1.165, 1.54) is 23.5 Å². The first-order valence-electron chi connectivity index (χ1n) is 8.32. The van der Waals surface area contributed by atoms with Crippen LogP contribution in [0.25, 0.3) is 10.2 Å². The summed E-state index contributed by atoms with van der Waals surface area (Å²) in [4.78, 5) is 21.0. The molecule has 3 rings (SSSR count). The molecule has 1 aromatic heterocycles. The first kappa shape index (κ1) is 19.7. The maximum Gasteiger partial charge on any atom is 0.266 e. The number of halogens is 2. The predicted octanol–water partition coefficient (Wildman–Crippen LogP) is 4.17. The van der Waals surface area contributed by atoms with Crippen LogP contribution in [0.15, 0.2) is 46.9 Å². The molecule has 5 nitrogen and oxygen atoms in total. The Kier molecular flexibility index (Phi) is 6.41. The van der Waals surface area contributed by atoms with E-state index in [0.29, 0.717) is 18.2 Å². The Labute approximate surface area is 169 Å². The molecule has 0 saturated heterocycles. The van der Waals surface area contributed by atoms with E-state index in [4.69, 9.17) is 4.74 Å². The van der Waals surface area contributed by atoms with Crippen molar-refractivity contribution in [1.29, 1.82) is 0 Å². The van der Waals surface area contributed by atoms with Gasteiger partial charge < -0.3 is 9.64 Å². The van der Waals surface area contributed by atoms with Gasteiger partial charge in [-0.3, -0.25) is 9.69 Å². The van der Waals surface area contributed by atoms with Crippen LogP contribution < -0.4 is 9.64 Å². The average Bonchev–Trinajstić information content (AvgIpc) is 3.03. The fourth-order valence-corrected chi connectivity index (χ4v) is 3.97. The minimum absolute atomic E-state index is 0.0617. The van der Waals surface area contributed by atoms with Gasteiger partial charge in [-0.1, -0.05) is 39.4 Å². The van der Waals surface area contributed by atoms with Gasteiger partial charge in [0, 0.05) is 17.6 Å². The van der Waals surface area contributed by atoms with Crippen molar-refractivity contribution in [3.8, 4) is 5.75 Å². The number of carbonyl (C=O) groups is 1. The Morgan fingerprint density at radius 1 is 1.22 bits per heavy atom. The molecular weight excluding hydrogens is 433 g/mol. The third kappa shape index (κ3) is 5.03. The normalized spacial score (nSPS) is 11.1. The molecule has 0 N–H and O–H groups in total. The number of para-hydroxylation sites is 1. The summed E-state index contributed by atoms with van der Waals surface area (Å²) in [6.07, 6.45) is 0. The van der Waals surface area contributed by atoms with Crippen LogP contribution in [0.5, 0.6) is 5.75 Å². The molecule has 0 saturated carbocycles. The highest BCUT2D eigenvalue weighted by atomic mass is 79.9. The van der Waals surface area contributed by atoms with E-state index in [9.17, 15) is 9.18 Å². The second kappa shape index (κ2) is 8.77. The second-order valence-electron chi connectivity index (χ2n) is 6.18. The number of carbonyl (C=O) groups excluding carboxylic acids is 1. The van der Waals surface area contributed by atoms with Crippen LogP contribution in [-0.2, 0) is 4.79 Å². The Morgan fingerprint density at radius 2 is 2.00 bits per heavy atom. The molecule has 3 aromatic rings. The van der Waals surface area contributed by atoms with Crippen molar-refractivity contribution >= 4 is 48.5 Å². The summed E-state index contributed by atoms with van der Waals surface area (Å²) in [6, 6.07) is 11.8. The summed E-state index contributed by atoms with van der Waals surface area (Å²) < 4.78 is 21.1. The molecule has 0 spiro atoms. The Balaban J connectivity index is 1.80. The SMILES string of the molecule is CN(C)CCN(C(=O)COc1ccccc1F)c1nc2ccc(Br)cc2s1. The number of aromatic nitrogens is 1. The van der Waals surface area contributed by atoms with Gasteiger partial charge in [0.05, 0.1) is 10.2 Å². The van der Waals surface area contributed by atoms with Crippen LogP contribution in [0.1, 0.15) is 0 Å². The predicted molar refractivity (Wildman–Crippen MR) is 110 cm³/mol. The largest absolute Gasteiger partial charge is 0.481 e. The van der Waals surface area contributed by atoms with Crippen LogP contribution in [0.3, 0.4) is 0 Å². The summed E-state index contributed by atoms with van der Waals surface area (Å²) in [5.74, 6) is -0.695. The molecular formula is C19H19BrFN3O2S. The first-order valence-corrected chi connectivity index (χ1v) is 9.93. The van der Waals surface area contributed by atoms with Gasteiger partial charge >= 0.3 is 0 Å². The van der Waals surface area contributed by atoms with Crippen molar-refractivity contribution < 1.29 is 13.9 Å². The number of amides is 1. The summed E-state index contributed by atoms with van der Waals surface area (Å²) in [5, 5.41) is 0.604. The molecule has 8 heteroatoms. The number of ether oxygens (including phenoxy) is 1. The number of rotatable bonds is 7. The van der Waals surface area contributed by atoms with Crippen LogP contribution in [0.2, 0.25) is 0 Å². The number of hydrogen-bond acceptors (Lipinski definition) is 5. The summed E-state index contributed by atoms with van der Waals surface area (Å²) in [6.45, 7) is 0.881. The molecule has 1 amide bonds. The lowest BCUT2D eigenvalue weighted by Gasteiger charge is -2.22. The summed E-state index contributed by atoms with van der Waals surface area (Å²) in [5.41, 5.74) is 0.830. The molecule has 0 fully saturated rings. The second-order valence-corrected chi connectivity index (χ2v) is 8.10. The zero-order chi connectivity index (χ0) is 19.4. The van der Waals surface area contributed by atoms with Crippen LogP contribution >= 0.6 is 27.3 Å². The molecule has 0 aliphatic rings. The number of likely N-dealkylation sites (N-methyl/N-ethyl adjacent to an activating group) is 1. The zero-order valence-corrected chi connectivity index (χ0v) is 17.4. The van der Waals surface area contributed by atoms with E-state index in [1.807, 2.05) is 37.2 Å². The number of fused-ring (bicyclic) bond motifs is 1. The third-order valence-corrected chi connectivity index (χ3v) is 5.36. The van der Waals surface area contributed by atoms with Gasteiger partial charge in [-0.2, -0.15) is 0 Å². The summed E-state index contributed by atoms with van der Waals surface area (Å²) in [7, 11) is 3.88. The quantitative estimate of drug-likeness (QED) is 0.540. The topological polar surface area (TPSA) is 45.7 Å². The average molecular weight is 452 g/mol. The Hall–Kier alpha value is -2.03. The molecule has 0 bridgehead atoms. The van der Waals surface area contributed by atoms with E-state index >= 15 is 0 Å². The highest BCUT2D eigenvalue weighted by molar-refractivity contribution is 9.10. The number of anilines is 1. The number of nitrogens with zero attached hydrogens (tertiary/aromatic N) is 3. The lowest BCUT2D eigenvalue weighted by atomic mass is 10.3. The fourth-order valence-electron chi connectivity index (χ4n) is 2.41. The molecule has 0 radical (unpaired) electrons. The monoisotopic (exact) mass is 451 g/mol. The van der Waals surface area contributed by atoms with Gasteiger partial charge in [0.25, 0.3) is 5.91 Å². The Morgan fingerprint density at radius 3 is 2.74 bits per heavy atom. The molecule has 142 valence electrons. The lowest BCUT2D eigenvalue weighted by molar-refractivity contribution is -0.120. The van der Waals surface area contributed by atoms with Gasteiger partial charge in [0.15, 0.2) is 23.3 Å². The number of thiazole rings is 1. The Bertz CT molecular complexity index is 948. The first-order chi connectivity index (χ1) is 12.9. The number of hydrogen-bond donors (Lipinski definition) is 0. The van der Waals surface area contributed by atoms with Gasteiger partial charge in [-0.05, 0) is 44.4 Å².